The molecule has 9 heteroatoms. The average Bonchev–Trinajstić information content (AvgIpc) is 2.50. The molecule has 0 spiro atoms. The third-order valence-electron chi connectivity index (χ3n) is 3.68. The van der Waals surface area contributed by atoms with Gasteiger partial charge in [-0.1, -0.05) is 0 Å². The van der Waals surface area contributed by atoms with Crippen LogP contribution in [0.5, 0.6) is 0 Å². The van der Waals surface area contributed by atoms with E-state index in [1.165, 1.54) is 17.9 Å². The summed E-state index contributed by atoms with van der Waals surface area (Å²) in [5.41, 5.74) is -0.0342. The van der Waals surface area contributed by atoms with Gasteiger partial charge in [0.05, 0.1) is 5.69 Å². The Morgan fingerprint density at radius 3 is 2.48 bits per heavy atom. The average molecular weight is 439 g/mol. The van der Waals surface area contributed by atoms with E-state index in [9.17, 15) is 18.4 Å². The van der Waals surface area contributed by atoms with Gasteiger partial charge in [-0.2, -0.15) is 0 Å². The molecule has 1 heterocycles. The van der Waals surface area contributed by atoms with E-state index in [1.807, 2.05) is 22.6 Å². The highest BCUT2D eigenvalue weighted by atomic mass is 127. The number of aryl methyl sites for hydroxylation is 1. The van der Waals surface area contributed by atoms with Crippen LogP contribution in [0.4, 0.5) is 24.1 Å². The van der Waals surface area contributed by atoms with Crippen molar-refractivity contribution in [2.24, 2.45) is 0 Å². The first kappa shape index (κ1) is 17.7. The predicted octanol–water partition coefficient (Wildman–Crippen LogP) is 3.14. The minimum absolute atomic E-state index is 0.166. The van der Waals surface area contributed by atoms with Gasteiger partial charge in [0, 0.05) is 22.7 Å². The van der Waals surface area contributed by atoms with Crippen molar-refractivity contribution in [2.75, 3.05) is 18.4 Å². The van der Waals surface area contributed by atoms with Gasteiger partial charge < -0.3 is 20.6 Å². The number of likely N-dealkylation sites (tertiary alicyclic amines) is 1. The molecule has 0 radical (unpaired) electrons. The highest BCUT2D eigenvalue weighted by molar-refractivity contribution is 14.1. The van der Waals surface area contributed by atoms with Gasteiger partial charge in [0.1, 0.15) is 0 Å². The fourth-order valence-electron chi connectivity index (χ4n) is 2.38. The molecule has 3 N–H and O–H groups in total. The van der Waals surface area contributed by atoms with Crippen molar-refractivity contribution in [1.82, 2.24) is 10.2 Å². The molecule has 1 aromatic carbocycles. The highest BCUT2D eigenvalue weighted by Crippen LogP contribution is 2.26. The molecule has 0 bridgehead atoms. The fourth-order valence-corrected chi connectivity index (χ4v) is 3.22. The number of carbonyl (C=O) groups excluding carboxylic acids is 1. The van der Waals surface area contributed by atoms with Crippen molar-refractivity contribution in [1.29, 1.82) is 0 Å². The molecule has 0 aliphatic carbocycles. The number of nitrogens with zero attached hydrogens (tertiary/aromatic N) is 1. The Morgan fingerprint density at radius 1 is 1.30 bits per heavy atom. The van der Waals surface area contributed by atoms with E-state index >= 15 is 0 Å². The molecule has 1 aliphatic rings. The number of rotatable bonds is 2. The summed E-state index contributed by atoms with van der Waals surface area (Å²) >= 11 is 1.82. The van der Waals surface area contributed by atoms with Crippen molar-refractivity contribution in [3.8, 4) is 0 Å². The van der Waals surface area contributed by atoms with Crippen LogP contribution in [-0.4, -0.2) is 41.3 Å². The van der Waals surface area contributed by atoms with Crippen molar-refractivity contribution in [3.05, 3.63) is 26.8 Å². The lowest BCUT2D eigenvalue weighted by Gasteiger charge is -2.30. The number of urea groups is 1. The van der Waals surface area contributed by atoms with Crippen molar-refractivity contribution in [3.63, 3.8) is 0 Å². The first-order valence-electron chi connectivity index (χ1n) is 6.99. The molecule has 1 fully saturated rings. The molecular weight excluding hydrogens is 423 g/mol. The van der Waals surface area contributed by atoms with Gasteiger partial charge in [-0.3, -0.25) is 0 Å². The number of hydrogen-bond acceptors (Lipinski definition) is 2. The van der Waals surface area contributed by atoms with Gasteiger partial charge in [-0.15, -0.1) is 0 Å². The van der Waals surface area contributed by atoms with Crippen molar-refractivity contribution in [2.45, 2.75) is 25.8 Å². The van der Waals surface area contributed by atoms with Gasteiger partial charge in [0.25, 0.3) is 0 Å². The van der Waals surface area contributed by atoms with Crippen LogP contribution in [0, 0.1) is 22.1 Å². The van der Waals surface area contributed by atoms with E-state index in [-0.39, 0.29) is 17.3 Å². The molecule has 1 aromatic rings. The summed E-state index contributed by atoms with van der Waals surface area (Å²) in [5.74, 6) is -2.08. The molecule has 1 saturated heterocycles. The number of carboxylic acid groups (broad SMARTS) is 1. The van der Waals surface area contributed by atoms with E-state index < -0.39 is 23.8 Å². The molecule has 0 aromatic heterocycles. The Balaban J connectivity index is 1.96. The second kappa shape index (κ2) is 7.28. The second-order valence-corrected chi connectivity index (χ2v) is 6.48. The number of hydrogen-bond donors (Lipinski definition) is 3. The van der Waals surface area contributed by atoms with Crippen molar-refractivity contribution >= 4 is 40.4 Å². The van der Waals surface area contributed by atoms with E-state index in [2.05, 4.69) is 10.6 Å². The van der Waals surface area contributed by atoms with Crippen molar-refractivity contribution < 1.29 is 23.5 Å². The lowest BCUT2D eigenvalue weighted by Crippen LogP contribution is -2.47. The summed E-state index contributed by atoms with van der Waals surface area (Å²) in [7, 11) is 0. The van der Waals surface area contributed by atoms with Gasteiger partial charge in [0.2, 0.25) is 0 Å². The zero-order chi connectivity index (χ0) is 17.1. The maximum atomic E-state index is 13.9. The molecule has 0 saturated carbocycles. The Labute approximate surface area is 145 Å². The third-order valence-corrected chi connectivity index (χ3v) is 4.53. The minimum Gasteiger partial charge on any atom is -0.465 e. The Morgan fingerprint density at radius 2 is 1.91 bits per heavy atom. The minimum atomic E-state index is -1.09. The quantitative estimate of drug-likeness (QED) is 0.490. The number of carbonyl (C=O) groups is 2. The second-order valence-electron chi connectivity index (χ2n) is 5.32. The normalized spacial score (nSPS) is 15.4. The topological polar surface area (TPSA) is 81.7 Å². The predicted molar refractivity (Wildman–Crippen MR) is 88.6 cm³/mol. The Kier molecular flexibility index (Phi) is 5.60. The summed E-state index contributed by atoms with van der Waals surface area (Å²) in [4.78, 5) is 24.0. The maximum absolute atomic E-state index is 13.9. The Bertz CT molecular complexity index is 634. The van der Waals surface area contributed by atoms with Gasteiger partial charge in [0.15, 0.2) is 11.6 Å². The summed E-state index contributed by atoms with van der Waals surface area (Å²) in [6.07, 6.45) is -0.0389. The monoisotopic (exact) mass is 439 g/mol. The molecular formula is C14H16F2IN3O3. The molecule has 2 rings (SSSR count). The molecule has 23 heavy (non-hydrogen) atoms. The molecule has 6 nitrogen and oxygen atoms in total. The van der Waals surface area contributed by atoms with Crippen LogP contribution in [0.15, 0.2) is 6.07 Å². The first-order valence-corrected chi connectivity index (χ1v) is 8.07. The SMILES string of the molecule is Cc1cc(I)c(NC(=O)NC2CCN(C(=O)O)CC2)c(F)c1F. The van der Waals surface area contributed by atoms with Crippen LogP contribution in [0.2, 0.25) is 0 Å². The smallest absolute Gasteiger partial charge is 0.407 e. The molecule has 0 atom stereocenters. The van der Waals surface area contributed by atoms with Crippen LogP contribution in [0.1, 0.15) is 18.4 Å². The molecule has 126 valence electrons. The van der Waals surface area contributed by atoms with E-state index in [0.717, 1.165) is 0 Å². The summed E-state index contributed by atoms with van der Waals surface area (Å²) in [6.45, 7) is 2.09. The number of halogens is 3. The van der Waals surface area contributed by atoms with E-state index in [1.54, 1.807) is 0 Å². The van der Waals surface area contributed by atoms with Crippen LogP contribution < -0.4 is 10.6 Å². The molecule has 1 aliphatic heterocycles. The standard InChI is InChI=1S/C14H16F2IN3O3/c1-7-6-9(17)12(11(16)10(7)15)19-13(21)18-8-2-4-20(5-3-8)14(22)23/h6,8H,2-5H2,1H3,(H,22,23)(H2,18,19,21). The van der Waals surface area contributed by atoms with E-state index in [4.69, 9.17) is 5.11 Å². The lowest BCUT2D eigenvalue weighted by molar-refractivity contribution is 0.130. The van der Waals surface area contributed by atoms with Crippen LogP contribution in [0.25, 0.3) is 0 Å². The van der Waals surface area contributed by atoms with E-state index in [0.29, 0.717) is 29.5 Å². The number of nitrogens with one attached hydrogen (secondary N) is 2. The molecule has 3 amide bonds. The zero-order valence-corrected chi connectivity index (χ0v) is 14.5. The summed E-state index contributed by atoms with van der Waals surface area (Å²) in [6, 6.07) is 0.598. The number of benzene rings is 1. The van der Waals surface area contributed by atoms with Gasteiger partial charge in [-0.25, -0.2) is 18.4 Å². The summed E-state index contributed by atoms with van der Waals surface area (Å²) < 4.78 is 27.9. The fraction of sp³-hybridized carbons (Fsp3) is 0.429. The van der Waals surface area contributed by atoms with Crippen LogP contribution >= 0.6 is 22.6 Å². The van der Waals surface area contributed by atoms with Gasteiger partial charge >= 0.3 is 12.1 Å². The highest BCUT2D eigenvalue weighted by Gasteiger charge is 2.24. The van der Waals surface area contributed by atoms with Gasteiger partial charge in [-0.05, 0) is 54.0 Å². The Hall–Kier alpha value is -1.65. The number of anilines is 1. The van der Waals surface area contributed by atoms with Crippen LogP contribution in [0.3, 0.4) is 0 Å². The zero-order valence-electron chi connectivity index (χ0n) is 12.3. The molecule has 0 unspecified atom stereocenters. The maximum Gasteiger partial charge on any atom is 0.407 e. The summed E-state index contributed by atoms with van der Waals surface area (Å²) in [5, 5.41) is 13.8. The largest absolute Gasteiger partial charge is 0.465 e. The van der Waals surface area contributed by atoms with Crippen LogP contribution in [-0.2, 0) is 0 Å². The number of piperidine rings is 1. The lowest BCUT2D eigenvalue weighted by atomic mass is 10.1. The first-order chi connectivity index (χ1) is 10.8. The number of amides is 3. The third kappa shape index (κ3) is 4.21.